The van der Waals surface area contributed by atoms with E-state index < -0.39 is 0 Å². The molecule has 1 aliphatic heterocycles. The normalized spacial score (nSPS) is 13.2. The molecule has 1 aromatic carbocycles. The third-order valence-corrected chi connectivity index (χ3v) is 4.65. The maximum Gasteiger partial charge on any atom is 0.272 e. The molecule has 0 aliphatic carbocycles. The monoisotopic (exact) mass is 363 g/mol. The van der Waals surface area contributed by atoms with Gasteiger partial charge in [-0.3, -0.25) is 9.48 Å². The van der Waals surface area contributed by atoms with E-state index in [1.165, 1.54) is 0 Å². The minimum absolute atomic E-state index is 0.163. The van der Waals surface area contributed by atoms with Crippen LogP contribution in [0.25, 0.3) is 11.3 Å². The fraction of sp³-hybridized carbons (Fsp3) is 0.263. The first-order chi connectivity index (χ1) is 13.1. The lowest BCUT2D eigenvalue weighted by Gasteiger charge is -2.13. The summed E-state index contributed by atoms with van der Waals surface area (Å²) in [5.74, 6) is 0.0865. The minimum atomic E-state index is -0.163. The molecule has 0 radical (unpaired) electrons. The summed E-state index contributed by atoms with van der Waals surface area (Å²) in [7, 11) is 0. The molecule has 0 bridgehead atoms. The number of nitrogens with two attached hydrogens (primary N) is 1. The molecule has 0 saturated heterocycles. The smallest absolute Gasteiger partial charge is 0.272 e. The molecule has 27 heavy (non-hydrogen) atoms. The van der Waals surface area contributed by atoms with E-state index in [1.807, 2.05) is 41.9 Å². The number of carbonyl (C=O) groups excluding carboxylic acids is 1. The molecule has 3 heterocycles. The van der Waals surface area contributed by atoms with Gasteiger partial charge in [-0.05, 0) is 36.2 Å². The Labute approximate surface area is 156 Å². The number of aryl methyl sites for hydroxylation is 1. The molecule has 0 atom stereocenters. The van der Waals surface area contributed by atoms with Gasteiger partial charge in [-0.1, -0.05) is 12.1 Å². The topological polar surface area (TPSA) is 111 Å². The van der Waals surface area contributed by atoms with Gasteiger partial charge in [-0.15, -0.1) is 0 Å². The van der Waals surface area contributed by atoms with E-state index >= 15 is 0 Å². The summed E-state index contributed by atoms with van der Waals surface area (Å²) < 4.78 is 1.89. The second-order valence-corrected chi connectivity index (χ2v) is 6.54. The molecule has 138 valence electrons. The standard InChI is InChI=1S/C19H21N7O/c1-12-8-13(16-4-5-22-19(20)24-16)2-3-14(12)10-23-18(27)17-9-15-11-21-6-7-26(15)25-17/h2-5,8-9,21H,6-7,10-11H2,1H3,(H,23,27)(H2,20,22,24). The molecule has 4 N–H and O–H groups in total. The highest BCUT2D eigenvalue weighted by Crippen LogP contribution is 2.21. The Morgan fingerprint density at radius 3 is 3.00 bits per heavy atom. The van der Waals surface area contributed by atoms with Gasteiger partial charge in [0.1, 0.15) is 0 Å². The Bertz CT molecular complexity index is 972. The third kappa shape index (κ3) is 3.65. The van der Waals surface area contributed by atoms with Crippen LogP contribution in [0.5, 0.6) is 0 Å². The van der Waals surface area contributed by atoms with Gasteiger partial charge in [0.05, 0.1) is 17.9 Å². The zero-order chi connectivity index (χ0) is 18.8. The fourth-order valence-electron chi connectivity index (χ4n) is 3.16. The van der Waals surface area contributed by atoms with Crippen molar-refractivity contribution in [2.75, 3.05) is 12.3 Å². The molecular weight excluding hydrogens is 342 g/mol. The maximum absolute atomic E-state index is 12.4. The lowest BCUT2D eigenvalue weighted by molar-refractivity contribution is 0.0945. The van der Waals surface area contributed by atoms with E-state index in [9.17, 15) is 4.79 Å². The van der Waals surface area contributed by atoms with Crippen molar-refractivity contribution < 1.29 is 4.79 Å². The summed E-state index contributed by atoms with van der Waals surface area (Å²) >= 11 is 0. The van der Waals surface area contributed by atoms with E-state index in [-0.39, 0.29) is 11.9 Å². The SMILES string of the molecule is Cc1cc(-c2ccnc(N)n2)ccc1CNC(=O)c1cc2n(n1)CCNC2. The summed E-state index contributed by atoms with van der Waals surface area (Å²) in [6.07, 6.45) is 1.64. The zero-order valence-electron chi connectivity index (χ0n) is 15.1. The molecule has 0 unspecified atom stereocenters. The highest BCUT2D eigenvalue weighted by molar-refractivity contribution is 5.92. The number of rotatable bonds is 4. The second-order valence-electron chi connectivity index (χ2n) is 6.54. The lowest BCUT2D eigenvalue weighted by Crippen LogP contribution is -2.28. The summed E-state index contributed by atoms with van der Waals surface area (Å²) in [4.78, 5) is 20.6. The first-order valence-electron chi connectivity index (χ1n) is 8.84. The molecule has 3 aromatic rings. The molecule has 0 saturated carbocycles. The molecule has 1 amide bonds. The van der Waals surface area contributed by atoms with Crippen molar-refractivity contribution in [2.24, 2.45) is 0 Å². The average molecular weight is 363 g/mol. The van der Waals surface area contributed by atoms with Crippen LogP contribution in [0.4, 0.5) is 5.95 Å². The molecule has 0 fully saturated rings. The lowest BCUT2D eigenvalue weighted by atomic mass is 10.0. The van der Waals surface area contributed by atoms with Gasteiger partial charge in [0.15, 0.2) is 5.69 Å². The number of aromatic nitrogens is 4. The van der Waals surface area contributed by atoms with Crippen LogP contribution >= 0.6 is 0 Å². The van der Waals surface area contributed by atoms with Gasteiger partial charge in [-0.2, -0.15) is 5.10 Å². The third-order valence-electron chi connectivity index (χ3n) is 4.65. The van der Waals surface area contributed by atoms with Crippen LogP contribution in [-0.2, 0) is 19.6 Å². The number of benzene rings is 1. The van der Waals surface area contributed by atoms with E-state index in [2.05, 4.69) is 25.7 Å². The van der Waals surface area contributed by atoms with Crippen molar-refractivity contribution in [1.82, 2.24) is 30.4 Å². The average Bonchev–Trinajstić information content (AvgIpc) is 3.11. The molecule has 8 nitrogen and oxygen atoms in total. The summed E-state index contributed by atoms with van der Waals surface area (Å²) in [5, 5.41) is 10.6. The number of carbonyl (C=O) groups is 1. The van der Waals surface area contributed by atoms with Gasteiger partial charge in [0, 0.05) is 31.4 Å². The van der Waals surface area contributed by atoms with Crippen LogP contribution < -0.4 is 16.4 Å². The minimum Gasteiger partial charge on any atom is -0.368 e. The van der Waals surface area contributed by atoms with E-state index in [0.717, 1.165) is 47.7 Å². The predicted octanol–water partition coefficient (Wildman–Crippen LogP) is 1.26. The summed E-state index contributed by atoms with van der Waals surface area (Å²) in [5.41, 5.74) is 11.0. The highest BCUT2D eigenvalue weighted by atomic mass is 16.1. The van der Waals surface area contributed by atoms with E-state index in [0.29, 0.717) is 12.2 Å². The second kappa shape index (κ2) is 7.16. The molecular formula is C19H21N7O. The van der Waals surface area contributed by atoms with Crippen molar-refractivity contribution in [3.05, 3.63) is 59.0 Å². The van der Waals surface area contributed by atoms with Gasteiger partial charge in [-0.25, -0.2) is 9.97 Å². The van der Waals surface area contributed by atoms with Crippen molar-refractivity contribution in [1.29, 1.82) is 0 Å². The zero-order valence-corrected chi connectivity index (χ0v) is 15.1. The van der Waals surface area contributed by atoms with Crippen LogP contribution in [0.1, 0.15) is 27.3 Å². The number of nitrogens with zero attached hydrogens (tertiary/aromatic N) is 4. The quantitative estimate of drug-likeness (QED) is 0.644. The number of amides is 1. The van der Waals surface area contributed by atoms with E-state index in [4.69, 9.17) is 5.73 Å². The Kier molecular flexibility index (Phi) is 4.55. The Hall–Kier alpha value is -3.26. The largest absolute Gasteiger partial charge is 0.368 e. The fourth-order valence-corrected chi connectivity index (χ4v) is 3.16. The van der Waals surface area contributed by atoms with Crippen molar-refractivity contribution in [3.8, 4) is 11.3 Å². The molecule has 0 spiro atoms. The molecule has 8 heteroatoms. The number of anilines is 1. The number of nitrogen functional groups attached to an aromatic ring is 1. The van der Waals surface area contributed by atoms with Crippen LogP contribution in [0, 0.1) is 6.92 Å². The van der Waals surface area contributed by atoms with Crippen LogP contribution in [0.15, 0.2) is 36.5 Å². The van der Waals surface area contributed by atoms with Crippen LogP contribution in [0.3, 0.4) is 0 Å². The Morgan fingerprint density at radius 1 is 1.33 bits per heavy atom. The first-order valence-corrected chi connectivity index (χ1v) is 8.84. The number of hydrogen-bond acceptors (Lipinski definition) is 6. The van der Waals surface area contributed by atoms with E-state index in [1.54, 1.807) is 6.20 Å². The molecule has 1 aliphatic rings. The summed E-state index contributed by atoms with van der Waals surface area (Å²) in [6.45, 7) is 4.86. The van der Waals surface area contributed by atoms with Crippen molar-refractivity contribution in [3.63, 3.8) is 0 Å². The van der Waals surface area contributed by atoms with Gasteiger partial charge < -0.3 is 16.4 Å². The maximum atomic E-state index is 12.4. The summed E-state index contributed by atoms with van der Waals surface area (Å²) in [6, 6.07) is 9.66. The Morgan fingerprint density at radius 2 is 2.22 bits per heavy atom. The molecule has 2 aromatic heterocycles. The first kappa shape index (κ1) is 17.2. The van der Waals surface area contributed by atoms with Crippen molar-refractivity contribution >= 4 is 11.9 Å². The predicted molar refractivity (Wildman–Crippen MR) is 102 cm³/mol. The number of hydrogen-bond donors (Lipinski definition) is 3. The van der Waals surface area contributed by atoms with Gasteiger partial charge in [0.25, 0.3) is 5.91 Å². The van der Waals surface area contributed by atoms with Crippen LogP contribution in [-0.4, -0.2) is 32.2 Å². The molecule has 4 rings (SSSR count). The van der Waals surface area contributed by atoms with Gasteiger partial charge >= 0.3 is 0 Å². The number of fused-ring (bicyclic) bond motifs is 1. The number of nitrogens with one attached hydrogen (secondary N) is 2. The Balaban J connectivity index is 1.45. The van der Waals surface area contributed by atoms with Crippen molar-refractivity contribution in [2.45, 2.75) is 26.6 Å². The van der Waals surface area contributed by atoms with Gasteiger partial charge in [0.2, 0.25) is 5.95 Å². The van der Waals surface area contributed by atoms with Crippen LogP contribution in [0.2, 0.25) is 0 Å². The highest BCUT2D eigenvalue weighted by Gasteiger charge is 2.16.